The molecular formula is C10H15N3O3. The monoisotopic (exact) mass is 225 g/mol. The molecule has 6 heteroatoms. The molecule has 6 nitrogen and oxygen atoms in total. The van der Waals surface area contributed by atoms with E-state index in [4.69, 9.17) is 4.74 Å². The van der Waals surface area contributed by atoms with Crippen molar-refractivity contribution in [1.82, 2.24) is 9.97 Å². The molecule has 0 saturated heterocycles. The van der Waals surface area contributed by atoms with Crippen molar-refractivity contribution in [1.29, 1.82) is 0 Å². The molecule has 0 fully saturated rings. The lowest BCUT2D eigenvalue weighted by Crippen LogP contribution is -2.16. The van der Waals surface area contributed by atoms with E-state index in [2.05, 4.69) is 15.3 Å². The first kappa shape index (κ1) is 12.2. The number of aromatic nitrogens is 2. The summed E-state index contributed by atoms with van der Waals surface area (Å²) in [7, 11) is 0. The van der Waals surface area contributed by atoms with E-state index in [-0.39, 0.29) is 17.9 Å². The van der Waals surface area contributed by atoms with Crippen LogP contribution in [0.4, 0.5) is 5.95 Å². The van der Waals surface area contributed by atoms with Gasteiger partial charge in [0.2, 0.25) is 5.95 Å². The van der Waals surface area contributed by atoms with E-state index in [1.165, 1.54) is 6.07 Å². The molecule has 0 aliphatic rings. The average Bonchev–Trinajstić information content (AvgIpc) is 2.17. The highest BCUT2D eigenvalue weighted by Crippen LogP contribution is 1.99. The number of esters is 1. The topological polar surface area (TPSA) is 84.1 Å². The summed E-state index contributed by atoms with van der Waals surface area (Å²) in [6.45, 7) is 4.58. The molecule has 16 heavy (non-hydrogen) atoms. The number of rotatable bonds is 5. The van der Waals surface area contributed by atoms with Gasteiger partial charge in [-0.05, 0) is 13.8 Å². The Bertz CT molecular complexity index is 414. The van der Waals surface area contributed by atoms with E-state index >= 15 is 0 Å². The second kappa shape index (κ2) is 5.89. The third-order valence-corrected chi connectivity index (χ3v) is 1.77. The second-order valence-electron chi connectivity index (χ2n) is 3.10. The van der Waals surface area contributed by atoms with Crippen LogP contribution in [-0.2, 0) is 16.0 Å². The zero-order valence-corrected chi connectivity index (χ0v) is 9.37. The first-order valence-corrected chi connectivity index (χ1v) is 5.15. The maximum atomic E-state index is 11.2. The SMILES string of the molecule is CCNc1nc(CC(=O)OCC)cc(=O)[nH]1. The number of nitrogens with zero attached hydrogens (tertiary/aromatic N) is 1. The van der Waals surface area contributed by atoms with E-state index < -0.39 is 0 Å². The van der Waals surface area contributed by atoms with Crippen molar-refractivity contribution in [2.45, 2.75) is 20.3 Å². The van der Waals surface area contributed by atoms with Crippen LogP contribution in [0.5, 0.6) is 0 Å². The molecule has 0 aliphatic heterocycles. The molecule has 88 valence electrons. The summed E-state index contributed by atoms with van der Waals surface area (Å²) in [5, 5.41) is 2.88. The molecule has 1 heterocycles. The zero-order valence-electron chi connectivity index (χ0n) is 9.37. The van der Waals surface area contributed by atoms with E-state index in [0.717, 1.165) is 0 Å². The molecule has 0 bridgehead atoms. The normalized spacial score (nSPS) is 9.88. The summed E-state index contributed by atoms with van der Waals surface area (Å²) in [5.41, 5.74) is 0.114. The van der Waals surface area contributed by atoms with Crippen LogP contribution in [0.15, 0.2) is 10.9 Å². The summed E-state index contributed by atoms with van der Waals surface area (Å²) in [6.07, 6.45) is 0.0101. The molecule has 0 amide bonds. The van der Waals surface area contributed by atoms with Gasteiger partial charge >= 0.3 is 5.97 Å². The molecule has 0 atom stereocenters. The van der Waals surface area contributed by atoms with Crippen LogP contribution >= 0.6 is 0 Å². The molecule has 2 N–H and O–H groups in total. The Kier molecular flexibility index (Phi) is 4.50. The van der Waals surface area contributed by atoms with Crippen molar-refractivity contribution in [3.05, 3.63) is 22.1 Å². The van der Waals surface area contributed by atoms with Crippen LogP contribution in [0.3, 0.4) is 0 Å². The van der Waals surface area contributed by atoms with Crippen LogP contribution in [-0.4, -0.2) is 29.1 Å². The predicted molar refractivity (Wildman–Crippen MR) is 59.4 cm³/mol. The van der Waals surface area contributed by atoms with Gasteiger partial charge in [0.1, 0.15) is 0 Å². The number of carbonyl (C=O) groups is 1. The zero-order chi connectivity index (χ0) is 12.0. The van der Waals surface area contributed by atoms with Gasteiger partial charge in [-0.3, -0.25) is 14.6 Å². The van der Waals surface area contributed by atoms with Gasteiger partial charge in [-0.2, -0.15) is 0 Å². The lowest BCUT2D eigenvalue weighted by atomic mass is 10.3. The van der Waals surface area contributed by atoms with Crippen molar-refractivity contribution in [3.8, 4) is 0 Å². The van der Waals surface area contributed by atoms with Crippen LogP contribution in [0, 0.1) is 0 Å². The second-order valence-corrected chi connectivity index (χ2v) is 3.10. The van der Waals surface area contributed by atoms with E-state index in [0.29, 0.717) is 24.8 Å². The highest BCUT2D eigenvalue weighted by atomic mass is 16.5. The Labute approximate surface area is 93.0 Å². The molecule has 0 radical (unpaired) electrons. The molecule has 0 aliphatic carbocycles. The van der Waals surface area contributed by atoms with Gasteiger partial charge in [0.25, 0.3) is 5.56 Å². The summed E-state index contributed by atoms with van der Waals surface area (Å²) in [6, 6.07) is 1.29. The molecular weight excluding hydrogens is 210 g/mol. The Hall–Kier alpha value is -1.85. The highest BCUT2D eigenvalue weighted by molar-refractivity contribution is 5.71. The summed E-state index contributed by atoms with van der Waals surface area (Å²) in [4.78, 5) is 29.0. The molecule has 0 saturated carbocycles. The fraction of sp³-hybridized carbons (Fsp3) is 0.500. The van der Waals surface area contributed by atoms with Crippen molar-refractivity contribution in [2.75, 3.05) is 18.5 Å². The minimum absolute atomic E-state index is 0.0101. The number of hydrogen-bond acceptors (Lipinski definition) is 5. The lowest BCUT2D eigenvalue weighted by Gasteiger charge is -2.04. The lowest BCUT2D eigenvalue weighted by molar-refractivity contribution is -0.142. The van der Waals surface area contributed by atoms with Gasteiger partial charge in [-0.1, -0.05) is 0 Å². The van der Waals surface area contributed by atoms with Crippen molar-refractivity contribution >= 4 is 11.9 Å². The van der Waals surface area contributed by atoms with E-state index in [9.17, 15) is 9.59 Å². The Morgan fingerprint density at radius 3 is 2.94 bits per heavy atom. The van der Waals surface area contributed by atoms with E-state index in [1.54, 1.807) is 6.92 Å². The van der Waals surface area contributed by atoms with Gasteiger partial charge in [0.15, 0.2) is 0 Å². The van der Waals surface area contributed by atoms with Crippen molar-refractivity contribution in [3.63, 3.8) is 0 Å². The predicted octanol–water partition coefficient (Wildman–Crippen LogP) is 0.307. The average molecular weight is 225 g/mol. The summed E-state index contributed by atoms with van der Waals surface area (Å²) in [5.74, 6) is -0.0163. The highest BCUT2D eigenvalue weighted by Gasteiger charge is 2.07. The van der Waals surface area contributed by atoms with Crippen LogP contribution in [0.1, 0.15) is 19.5 Å². The van der Waals surface area contributed by atoms with Crippen LogP contribution < -0.4 is 10.9 Å². The standard InChI is InChI=1S/C10H15N3O3/c1-3-11-10-12-7(5-8(14)13-10)6-9(15)16-4-2/h5H,3-4,6H2,1-2H3,(H2,11,12,13,14). The number of ether oxygens (including phenoxy) is 1. The third kappa shape index (κ3) is 3.72. The molecule has 1 rings (SSSR count). The fourth-order valence-electron chi connectivity index (χ4n) is 1.21. The maximum Gasteiger partial charge on any atom is 0.311 e. The Morgan fingerprint density at radius 2 is 2.31 bits per heavy atom. The molecule has 0 aromatic carbocycles. The van der Waals surface area contributed by atoms with Gasteiger partial charge in [-0.15, -0.1) is 0 Å². The minimum atomic E-state index is -0.386. The number of H-pyrrole nitrogens is 1. The van der Waals surface area contributed by atoms with Crippen LogP contribution in [0.2, 0.25) is 0 Å². The summed E-state index contributed by atoms with van der Waals surface area (Å²) < 4.78 is 4.77. The van der Waals surface area contributed by atoms with E-state index in [1.807, 2.05) is 6.92 Å². The number of nitrogens with one attached hydrogen (secondary N) is 2. The number of hydrogen-bond donors (Lipinski definition) is 2. The maximum absolute atomic E-state index is 11.2. The van der Waals surface area contributed by atoms with Gasteiger partial charge in [0, 0.05) is 12.6 Å². The van der Waals surface area contributed by atoms with Crippen molar-refractivity contribution < 1.29 is 9.53 Å². The van der Waals surface area contributed by atoms with Gasteiger partial charge < -0.3 is 10.1 Å². The third-order valence-electron chi connectivity index (χ3n) is 1.77. The molecule has 1 aromatic heterocycles. The first-order chi connectivity index (χ1) is 7.65. The van der Waals surface area contributed by atoms with Crippen molar-refractivity contribution in [2.24, 2.45) is 0 Å². The summed E-state index contributed by atoms with van der Waals surface area (Å²) >= 11 is 0. The Morgan fingerprint density at radius 1 is 1.56 bits per heavy atom. The minimum Gasteiger partial charge on any atom is -0.466 e. The molecule has 1 aromatic rings. The van der Waals surface area contributed by atoms with Gasteiger partial charge in [0.05, 0.1) is 18.7 Å². The first-order valence-electron chi connectivity index (χ1n) is 5.15. The fourth-order valence-corrected chi connectivity index (χ4v) is 1.21. The molecule has 0 spiro atoms. The Balaban J connectivity index is 2.79. The number of aromatic amines is 1. The smallest absolute Gasteiger partial charge is 0.311 e. The van der Waals surface area contributed by atoms with Crippen LogP contribution in [0.25, 0.3) is 0 Å². The number of carbonyl (C=O) groups excluding carboxylic acids is 1. The molecule has 0 unspecified atom stereocenters. The van der Waals surface area contributed by atoms with Gasteiger partial charge in [-0.25, -0.2) is 4.98 Å². The quantitative estimate of drug-likeness (QED) is 0.704. The number of anilines is 1. The largest absolute Gasteiger partial charge is 0.466 e.